The van der Waals surface area contributed by atoms with Crippen molar-refractivity contribution in [2.75, 3.05) is 13.1 Å². The molecule has 5 heteroatoms. The summed E-state index contributed by atoms with van der Waals surface area (Å²) in [4.78, 5) is 23.9. The summed E-state index contributed by atoms with van der Waals surface area (Å²) in [6.45, 7) is 0.973. The van der Waals surface area contributed by atoms with E-state index in [-0.39, 0.29) is 30.5 Å². The van der Waals surface area contributed by atoms with Crippen molar-refractivity contribution >= 4 is 11.9 Å². The Kier molecular flexibility index (Phi) is 3.60. The molecule has 2 rings (SSSR count). The molecule has 1 aromatic carbocycles. The zero-order valence-corrected chi connectivity index (χ0v) is 9.80. The van der Waals surface area contributed by atoms with E-state index in [0.717, 1.165) is 0 Å². The second-order valence-corrected chi connectivity index (χ2v) is 4.57. The Hall–Kier alpha value is -1.91. The highest BCUT2D eigenvalue weighted by Crippen LogP contribution is 2.20. The first-order chi connectivity index (χ1) is 8.54. The molecule has 1 aromatic rings. The maximum atomic E-state index is 12.9. The molecule has 4 nitrogen and oxygen atoms in total. The van der Waals surface area contributed by atoms with Crippen LogP contribution in [0, 0.1) is 11.7 Å². The quantitative estimate of drug-likeness (QED) is 0.877. The van der Waals surface area contributed by atoms with Gasteiger partial charge in [0.1, 0.15) is 5.82 Å². The molecule has 1 amide bonds. The smallest absolute Gasteiger partial charge is 0.303 e. The highest BCUT2D eigenvalue weighted by Gasteiger charge is 2.31. The number of benzene rings is 1. The van der Waals surface area contributed by atoms with Gasteiger partial charge in [-0.25, -0.2) is 4.39 Å². The molecule has 1 fully saturated rings. The lowest BCUT2D eigenvalue weighted by molar-refractivity contribution is -0.144. The molecule has 96 valence electrons. The van der Waals surface area contributed by atoms with Crippen LogP contribution in [0.15, 0.2) is 24.3 Å². The standard InChI is InChI=1S/C13H14FNO3/c14-11-3-1-2-9(4-11)5-12(16)15-7-10(8-15)6-13(17)18/h1-4,10H,5-8H2,(H,17,18). The van der Waals surface area contributed by atoms with E-state index in [1.807, 2.05) is 0 Å². The van der Waals surface area contributed by atoms with Crippen LogP contribution in [0.4, 0.5) is 4.39 Å². The second kappa shape index (κ2) is 5.16. The molecule has 18 heavy (non-hydrogen) atoms. The van der Waals surface area contributed by atoms with Crippen LogP contribution in [0.1, 0.15) is 12.0 Å². The number of halogens is 1. The molecule has 0 spiro atoms. The van der Waals surface area contributed by atoms with Gasteiger partial charge in [-0.2, -0.15) is 0 Å². The lowest BCUT2D eigenvalue weighted by atomic mass is 9.95. The minimum atomic E-state index is -0.836. The highest BCUT2D eigenvalue weighted by molar-refractivity contribution is 5.79. The van der Waals surface area contributed by atoms with Crippen LogP contribution in [0.2, 0.25) is 0 Å². The number of hydrogen-bond acceptors (Lipinski definition) is 2. The highest BCUT2D eigenvalue weighted by atomic mass is 19.1. The predicted octanol–water partition coefficient (Wildman–Crippen LogP) is 1.30. The van der Waals surface area contributed by atoms with Crippen molar-refractivity contribution in [1.82, 2.24) is 4.90 Å². The van der Waals surface area contributed by atoms with Crippen LogP contribution >= 0.6 is 0 Å². The van der Waals surface area contributed by atoms with E-state index in [1.54, 1.807) is 17.0 Å². The predicted molar refractivity (Wildman–Crippen MR) is 62.4 cm³/mol. The Morgan fingerprint density at radius 1 is 1.39 bits per heavy atom. The van der Waals surface area contributed by atoms with Crippen LogP contribution < -0.4 is 0 Å². The van der Waals surface area contributed by atoms with Crippen LogP contribution in [0.3, 0.4) is 0 Å². The minimum Gasteiger partial charge on any atom is -0.481 e. The zero-order chi connectivity index (χ0) is 13.1. The van der Waals surface area contributed by atoms with Crippen LogP contribution in [0.25, 0.3) is 0 Å². The molecule has 0 aromatic heterocycles. The normalized spacial score (nSPS) is 15.3. The molecule has 1 heterocycles. The zero-order valence-electron chi connectivity index (χ0n) is 9.80. The van der Waals surface area contributed by atoms with Crippen molar-refractivity contribution in [3.8, 4) is 0 Å². The van der Waals surface area contributed by atoms with Crippen LogP contribution in [0.5, 0.6) is 0 Å². The summed E-state index contributed by atoms with van der Waals surface area (Å²) >= 11 is 0. The average Bonchev–Trinajstić information content (AvgIpc) is 2.22. The van der Waals surface area contributed by atoms with Gasteiger partial charge in [0.15, 0.2) is 0 Å². The number of nitrogens with zero attached hydrogens (tertiary/aromatic N) is 1. The van der Waals surface area contributed by atoms with Gasteiger partial charge in [0.25, 0.3) is 0 Å². The largest absolute Gasteiger partial charge is 0.481 e. The Bertz CT molecular complexity index is 469. The van der Waals surface area contributed by atoms with Gasteiger partial charge in [0.05, 0.1) is 12.8 Å². The van der Waals surface area contributed by atoms with Gasteiger partial charge in [-0.15, -0.1) is 0 Å². The number of carboxylic acids is 1. The Morgan fingerprint density at radius 2 is 2.11 bits per heavy atom. The van der Waals surface area contributed by atoms with Gasteiger partial charge < -0.3 is 10.0 Å². The summed E-state index contributed by atoms with van der Waals surface area (Å²) in [7, 11) is 0. The van der Waals surface area contributed by atoms with Crippen molar-refractivity contribution in [1.29, 1.82) is 0 Å². The van der Waals surface area contributed by atoms with Crippen LogP contribution in [-0.4, -0.2) is 35.0 Å². The molecule has 1 N–H and O–H groups in total. The number of hydrogen-bond donors (Lipinski definition) is 1. The molecule has 1 saturated heterocycles. The van der Waals surface area contributed by atoms with Crippen molar-refractivity contribution in [2.45, 2.75) is 12.8 Å². The van der Waals surface area contributed by atoms with E-state index in [1.165, 1.54) is 12.1 Å². The number of rotatable bonds is 4. The number of amides is 1. The Morgan fingerprint density at radius 3 is 2.72 bits per heavy atom. The lowest BCUT2D eigenvalue weighted by Crippen LogP contribution is -2.51. The fraction of sp³-hybridized carbons (Fsp3) is 0.385. The first kappa shape index (κ1) is 12.5. The lowest BCUT2D eigenvalue weighted by Gasteiger charge is -2.38. The molecular weight excluding hydrogens is 237 g/mol. The Balaban J connectivity index is 1.82. The van der Waals surface area contributed by atoms with Gasteiger partial charge in [0, 0.05) is 19.0 Å². The van der Waals surface area contributed by atoms with E-state index in [2.05, 4.69) is 0 Å². The second-order valence-electron chi connectivity index (χ2n) is 4.57. The van der Waals surface area contributed by atoms with E-state index in [0.29, 0.717) is 18.7 Å². The molecule has 0 saturated carbocycles. The van der Waals surface area contributed by atoms with Gasteiger partial charge in [-0.3, -0.25) is 9.59 Å². The summed E-state index contributed by atoms with van der Waals surface area (Å²) in [5.41, 5.74) is 0.640. The SMILES string of the molecule is O=C(O)CC1CN(C(=O)Cc2cccc(F)c2)C1. The summed E-state index contributed by atoms with van der Waals surface area (Å²) in [5, 5.41) is 8.59. The van der Waals surface area contributed by atoms with Crippen molar-refractivity contribution < 1.29 is 19.1 Å². The maximum Gasteiger partial charge on any atom is 0.303 e. The van der Waals surface area contributed by atoms with E-state index < -0.39 is 5.97 Å². The third-order valence-electron chi connectivity index (χ3n) is 3.02. The fourth-order valence-corrected chi connectivity index (χ4v) is 2.08. The summed E-state index contributed by atoms with van der Waals surface area (Å²) in [5.74, 6) is -1.22. The number of carbonyl (C=O) groups excluding carboxylic acids is 1. The van der Waals surface area contributed by atoms with Gasteiger partial charge in [-0.05, 0) is 17.7 Å². The van der Waals surface area contributed by atoms with E-state index in [4.69, 9.17) is 5.11 Å². The molecule has 1 aliphatic heterocycles. The van der Waals surface area contributed by atoms with E-state index >= 15 is 0 Å². The molecule has 0 aliphatic carbocycles. The number of carboxylic acid groups (broad SMARTS) is 1. The number of carbonyl (C=O) groups is 2. The maximum absolute atomic E-state index is 12.9. The molecular formula is C13H14FNO3. The molecule has 1 aliphatic rings. The summed E-state index contributed by atoms with van der Waals surface area (Å²) in [6.07, 6.45) is 0.265. The van der Waals surface area contributed by atoms with Crippen molar-refractivity contribution in [3.63, 3.8) is 0 Å². The van der Waals surface area contributed by atoms with E-state index in [9.17, 15) is 14.0 Å². The summed E-state index contributed by atoms with van der Waals surface area (Å²) < 4.78 is 12.9. The third kappa shape index (κ3) is 3.06. The van der Waals surface area contributed by atoms with Crippen LogP contribution in [-0.2, 0) is 16.0 Å². The Labute approximate surface area is 104 Å². The van der Waals surface area contributed by atoms with Gasteiger partial charge >= 0.3 is 5.97 Å². The monoisotopic (exact) mass is 251 g/mol. The number of aliphatic carboxylic acids is 1. The average molecular weight is 251 g/mol. The van der Waals surface area contributed by atoms with Crippen molar-refractivity contribution in [3.05, 3.63) is 35.6 Å². The first-order valence-corrected chi connectivity index (χ1v) is 5.78. The van der Waals surface area contributed by atoms with Gasteiger partial charge in [-0.1, -0.05) is 12.1 Å². The molecule has 0 atom stereocenters. The topological polar surface area (TPSA) is 57.6 Å². The number of likely N-dealkylation sites (tertiary alicyclic amines) is 1. The molecule has 0 unspecified atom stereocenters. The first-order valence-electron chi connectivity index (χ1n) is 5.78. The molecule has 0 bridgehead atoms. The van der Waals surface area contributed by atoms with Crippen molar-refractivity contribution in [2.24, 2.45) is 5.92 Å². The van der Waals surface area contributed by atoms with Gasteiger partial charge in [0.2, 0.25) is 5.91 Å². The fourth-order valence-electron chi connectivity index (χ4n) is 2.08. The molecule has 0 radical (unpaired) electrons. The third-order valence-corrected chi connectivity index (χ3v) is 3.02. The summed E-state index contributed by atoms with van der Waals surface area (Å²) in [6, 6.07) is 5.95. The minimum absolute atomic E-state index is 0.0546.